The first-order chi connectivity index (χ1) is 12.1. The smallest absolute Gasteiger partial charge is 0.317 e. The van der Waals surface area contributed by atoms with Crippen LogP contribution in [0.25, 0.3) is 0 Å². The molecule has 0 radical (unpaired) electrons. The molecule has 3 amide bonds. The van der Waals surface area contributed by atoms with Crippen LogP contribution in [-0.4, -0.2) is 60.0 Å². The van der Waals surface area contributed by atoms with Crippen LogP contribution in [0, 0.1) is 0 Å². The zero-order valence-corrected chi connectivity index (χ0v) is 15.0. The van der Waals surface area contributed by atoms with Crippen molar-refractivity contribution in [1.82, 2.24) is 20.4 Å². The molecule has 0 aromatic heterocycles. The van der Waals surface area contributed by atoms with Crippen LogP contribution in [0.3, 0.4) is 0 Å². The topological polar surface area (TPSA) is 64.7 Å². The second-order valence-corrected chi connectivity index (χ2v) is 7.25. The number of amides is 3. The van der Waals surface area contributed by atoms with Crippen molar-refractivity contribution in [2.75, 3.05) is 32.7 Å². The van der Waals surface area contributed by atoms with Gasteiger partial charge in [-0.25, -0.2) is 4.79 Å². The number of rotatable bonds is 4. The number of nitrogens with one attached hydrogen (secondary N) is 2. The van der Waals surface area contributed by atoms with Gasteiger partial charge in [0.1, 0.15) is 0 Å². The maximum Gasteiger partial charge on any atom is 0.317 e. The minimum Gasteiger partial charge on any atom is -0.354 e. The van der Waals surface area contributed by atoms with Crippen LogP contribution in [0.2, 0.25) is 0 Å². The standard InChI is InChI=1S/C19H28N4O2/c1-19(9-5-11-23(19)14-16-6-3-2-4-7-16)15-21-18(25)22-12-8-17(24)20-10-13-22/h2-4,6-7H,5,8-15H2,1H3,(H,20,24)(H,21,25)/t19-/m1/s1. The zero-order valence-electron chi connectivity index (χ0n) is 15.0. The number of nitrogens with zero attached hydrogens (tertiary/aromatic N) is 2. The lowest BCUT2D eigenvalue weighted by molar-refractivity contribution is -0.120. The summed E-state index contributed by atoms with van der Waals surface area (Å²) in [6.45, 7) is 6.43. The first-order valence-electron chi connectivity index (χ1n) is 9.15. The van der Waals surface area contributed by atoms with E-state index in [0.29, 0.717) is 32.6 Å². The number of hydrogen-bond acceptors (Lipinski definition) is 3. The van der Waals surface area contributed by atoms with E-state index >= 15 is 0 Å². The summed E-state index contributed by atoms with van der Waals surface area (Å²) >= 11 is 0. The summed E-state index contributed by atoms with van der Waals surface area (Å²) < 4.78 is 0. The first kappa shape index (κ1) is 17.7. The molecule has 0 unspecified atom stereocenters. The molecule has 2 aliphatic rings. The van der Waals surface area contributed by atoms with Gasteiger partial charge in [0, 0.05) is 44.7 Å². The van der Waals surface area contributed by atoms with Gasteiger partial charge in [0.05, 0.1) is 0 Å². The molecular formula is C19H28N4O2. The van der Waals surface area contributed by atoms with Gasteiger partial charge < -0.3 is 15.5 Å². The summed E-state index contributed by atoms with van der Waals surface area (Å²) in [7, 11) is 0. The molecular weight excluding hydrogens is 316 g/mol. The van der Waals surface area contributed by atoms with Crippen molar-refractivity contribution >= 4 is 11.9 Å². The molecule has 0 spiro atoms. The number of likely N-dealkylation sites (tertiary alicyclic amines) is 1. The fourth-order valence-corrected chi connectivity index (χ4v) is 3.70. The monoisotopic (exact) mass is 344 g/mol. The van der Waals surface area contributed by atoms with Crippen molar-refractivity contribution in [1.29, 1.82) is 0 Å². The second kappa shape index (κ2) is 7.87. The quantitative estimate of drug-likeness (QED) is 0.871. The van der Waals surface area contributed by atoms with E-state index in [1.54, 1.807) is 4.90 Å². The van der Waals surface area contributed by atoms with Gasteiger partial charge in [-0.3, -0.25) is 9.69 Å². The van der Waals surface area contributed by atoms with Crippen LogP contribution in [0.5, 0.6) is 0 Å². The van der Waals surface area contributed by atoms with Crippen molar-refractivity contribution < 1.29 is 9.59 Å². The summed E-state index contributed by atoms with van der Waals surface area (Å²) in [5.74, 6) is 0.0205. The van der Waals surface area contributed by atoms with E-state index in [1.165, 1.54) is 5.56 Å². The third-order valence-electron chi connectivity index (χ3n) is 5.34. The molecule has 2 N–H and O–H groups in total. The van der Waals surface area contributed by atoms with Crippen LogP contribution < -0.4 is 10.6 Å². The van der Waals surface area contributed by atoms with Crippen molar-refractivity contribution in [3.05, 3.63) is 35.9 Å². The van der Waals surface area contributed by atoms with E-state index in [2.05, 4.69) is 46.7 Å². The Balaban J connectivity index is 1.55. The molecule has 0 aliphatic carbocycles. The predicted molar refractivity (Wildman–Crippen MR) is 97.1 cm³/mol. The van der Waals surface area contributed by atoms with Gasteiger partial charge in [0.15, 0.2) is 0 Å². The Labute approximate surface area is 149 Å². The fourth-order valence-electron chi connectivity index (χ4n) is 3.70. The molecule has 1 aromatic rings. The van der Waals surface area contributed by atoms with Crippen LogP contribution >= 0.6 is 0 Å². The van der Waals surface area contributed by atoms with Crippen LogP contribution in [0.15, 0.2) is 30.3 Å². The largest absolute Gasteiger partial charge is 0.354 e. The van der Waals surface area contributed by atoms with E-state index in [9.17, 15) is 9.59 Å². The third kappa shape index (κ3) is 4.51. The van der Waals surface area contributed by atoms with Crippen LogP contribution in [0.1, 0.15) is 31.7 Å². The average Bonchev–Trinajstić information content (AvgIpc) is 2.83. The molecule has 3 rings (SSSR count). The molecule has 6 nitrogen and oxygen atoms in total. The lowest BCUT2D eigenvalue weighted by Crippen LogP contribution is -2.52. The molecule has 0 saturated carbocycles. The summed E-state index contributed by atoms with van der Waals surface area (Å²) in [6.07, 6.45) is 2.62. The van der Waals surface area contributed by atoms with E-state index in [-0.39, 0.29) is 17.5 Å². The Kier molecular flexibility index (Phi) is 5.58. The van der Waals surface area contributed by atoms with Gasteiger partial charge >= 0.3 is 6.03 Å². The predicted octanol–water partition coefficient (Wildman–Crippen LogP) is 1.57. The number of carbonyl (C=O) groups is 2. The van der Waals surface area contributed by atoms with E-state index < -0.39 is 0 Å². The second-order valence-electron chi connectivity index (χ2n) is 7.25. The summed E-state index contributed by atoms with van der Waals surface area (Å²) in [6, 6.07) is 10.4. The Morgan fingerprint density at radius 1 is 1.24 bits per heavy atom. The van der Waals surface area contributed by atoms with E-state index in [4.69, 9.17) is 0 Å². The first-order valence-corrected chi connectivity index (χ1v) is 9.15. The molecule has 2 fully saturated rings. The highest BCUT2D eigenvalue weighted by Gasteiger charge is 2.37. The molecule has 6 heteroatoms. The summed E-state index contributed by atoms with van der Waals surface area (Å²) in [5.41, 5.74) is 1.28. The van der Waals surface area contributed by atoms with Crippen molar-refractivity contribution in [2.24, 2.45) is 0 Å². The summed E-state index contributed by atoms with van der Waals surface area (Å²) in [4.78, 5) is 28.1. The zero-order chi connectivity index (χ0) is 17.7. The number of hydrogen-bond donors (Lipinski definition) is 2. The lowest BCUT2D eigenvalue weighted by atomic mass is 9.98. The third-order valence-corrected chi connectivity index (χ3v) is 5.34. The van der Waals surface area contributed by atoms with E-state index in [0.717, 1.165) is 25.9 Å². The van der Waals surface area contributed by atoms with Gasteiger partial charge in [-0.1, -0.05) is 30.3 Å². The van der Waals surface area contributed by atoms with Gasteiger partial charge in [-0.05, 0) is 31.9 Å². The Morgan fingerprint density at radius 2 is 2.04 bits per heavy atom. The lowest BCUT2D eigenvalue weighted by Gasteiger charge is -2.36. The van der Waals surface area contributed by atoms with Crippen molar-refractivity contribution in [2.45, 2.75) is 38.3 Å². The molecule has 2 aliphatic heterocycles. The maximum absolute atomic E-state index is 12.5. The minimum atomic E-state index is -0.0655. The Morgan fingerprint density at radius 3 is 2.84 bits per heavy atom. The molecule has 136 valence electrons. The van der Waals surface area contributed by atoms with Gasteiger partial charge in [-0.2, -0.15) is 0 Å². The minimum absolute atomic E-state index is 0.0205. The molecule has 1 aromatic carbocycles. The van der Waals surface area contributed by atoms with Gasteiger partial charge in [-0.15, -0.1) is 0 Å². The molecule has 2 saturated heterocycles. The Hall–Kier alpha value is -2.08. The van der Waals surface area contributed by atoms with Crippen LogP contribution in [0.4, 0.5) is 4.79 Å². The molecule has 2 heterocycles. The highest BCUT2D eigenvalue weighted by molar-refractivity contribution is 5.79. The highest BCUT2D eigenvalue weighted by atomic mass is 16.2. The van der Waals surface area contributed by atoms with Crippen molar-refractivity contribution in [3.8, 4) is 0 Å². The SMILES string of the molecule is C[C@]1(CNC(=O)N2CCNC(=O)CC2)CCCN1Cc1ccccc1. The van der Waals surface area contributed by atoms with Gasteiger partial charge in [0.2, 0.25) is 5.91 Å². The van der Waals surface area contributed by atoms with Crippen molar-refractivity contribution in [3.63, 3.8) is 0 Å². The maximum atomic E-state index is 12.5. The number of benzene rings is 1. The number of urea groups is 1. The highest BCUT2D eigenvalue weighted by Crippen LogP contribution is 2.30. The molecule has 25 heavy (non-hydrogen) atoms. The average molecular weight is 344 g/mol. The van der Waals surface area contributed by atoms with Crippen LogP contribution in [-0.2, 0) is 11.3 Å². The Bertz CT molecular complexity index is 607. The normalized spacial score (nSPS) is 24.7. The van der Waals surface area contributed by atoms with Gasteiger partial charge in [0.25, 0.3) is 0 Å². The van der Waals surface area contributed by atoms with E-state index in [1.807, 2.05) is 6.07 Å². The molecule has 0 bridgehead atoms. The fraction of sp³-hybridized carbons (Fsp3) is 0.579. The summed E-state index contributed by atoms with van der Waals surface area (Å²) in [5, 5.41) is 5.90. The molecule has 1 atom stereocenters. The number of carbonyl (C=O) groups excluding carboxylic acids is 2.